The molecule has 0 radical (unpaired) electrons. The van der Waals surface area contributed by atoms with Crippen molar-refractivity contribution in [1.29, 1.82) is 0 Å². The van der Waals surface area contributed by atoms with Crippen molar-refractivity contribution in [2.24, 2.45) is 0 Å². The molecule has 4 aromatic rings. The number of nitrogens with one attached hydrogen (secondary N) is 1. The average Bonchev–Trinajstić information content (AvgIpc) is 3.14. The van der Waals surface area contributed by atoms with Gasteiger partial charge >= 0.3 is 0 Å². The fourth-order valence-corrected chi connectivity index (χ4v) is 4.59. The molecule has 0 aliphatic rings. The third-order valence-electron chi connectivity index (χ3n) is 5.12. The number of aromatic nitrogens is 2. The number of halogens is 1. The lowest BCUT2D eigenvalue weighted by Crippen LogP contribution is -2.23. The van der Waals surface area contributed by atoms with Gasteiger partial charge in [-0.3, -0.25) is 4.79 Å². The highest BCUT2D eigenvalue weighted by Gasteiger charge is 2.20. The van der Waals surface area contributed by atoms with Gasteiger partial charge in [0.25, 0.3) is 0 Å². The van der Waals surface area contributed by atoms with Crippen molar-refractivity contribution in [3.05, 3.63) is 77.8 Å². The Labute approximate surface area is 196 Å². The Balaban J connectivity index is 1.56. The van der Waals surface area contributed by atoms with Gasteiger partial charge in [0.1, 0.15) is 0 Å². The van der Waals surface area contributed by atoms with Crippen LogP contribution in [0.2, 0.25) is 5.02 Å². The van der Waals surface area contributed by atoms with Crippen LogP contribution in [-0.2, 0) is 16.1 Å². The van der Waals surface area contributed by atoms with Crippen LogP contribution in [0.3, 0.4) is 0 Å². The zero-order chi connectivity index (χ0) is 22.5. The smallest absolute Gasteiger partial charge is 0.237 e. The molecule has 0 saturated heterocycles. The lowest BCUT2D eigenvalue weighted by atomic mass is 10.0. The number of nitrogens with zero attached hydrogens (tertiary/aromatic N) is 2. The van der Waals surface area contributed by atoms with Gasteiger partial charge in [-0.2, -0.15) is 0 Å². The van der Waals surface area contributed by atoms with E-state index in [9.17, 15) is 4.79 Å². The highest BCUT2D eigenvalue weighted by molar-refractivity contribution is 8.00. The minimum atomic E-state index is -0.354. The van der Waals surface area contributed by atoms with Gasteiger partial charge < -0.3 is 14.6 Å². The van der Waals surface area contributed by atoms with Crippen molar-refractivity contribution in [2.75, 3.05) is 19.0 Å². The normalized spacial score (nSPS) is 12.1. The summed E-state index contributed by atoms with van der Waals surface area (Å²) in [5.41, 5.74) is 4.60. The first-order chi connectivity index (χ1) is 15.6. The van der Waals surface area contributed by atoms with Crippen molar-refractivity contribution >= 4 is 46.0 Å². The van der Waals surface area contributed by atoms with E-state index in [-0.39, 0.29) is 11.2 Å². The maximum Gasteiger partial charge on any atom is 0.237 e. The molecule has 1 aromatic heterocycles. The molecular weight excluding hydrogens is 442 g/mol. The van der Waals surface area contributed by atoms with Gasteiger partial charge in [0.05, 0.1) is 22.9 Å². The fraction of sp³-hybridized carbons (Fsp3) is 0.200. The standard InChI is InChI=1S/C25H24ClN3O2S/c1-17(24(30)27-21-11-7-6-10-20(21)18-8-4-3-5-9-18)32-25-28-22-16-19(26)12-13-23(22)29(25)14-15-31-2/h3-13,16-17H,14-15H2,1-2H3,(H,27,30). The summed E-state index contributed by atoms with van der Waals surface area (Å²) in [5, 5.41) is 4.13. The molecule has 0 spiro atoms. The zero-order valence-corrected chi connectivity index (χ0v) is 19.5. The molecule has 164 valence electrons. The highest BCUT2D eigenvalue weighted by Crippen LogP contribution is 2.31. The maximum atomic E-state index is 13.1. The lowest BCUT2D eigenvalue weighted by molar-refractivity contribution is -0.115. The van der Waals surface area contributed by atoms with Crippen LogP contribution in [-0.4, -0.2) is 34.4 Å². The number of amides is 1. The van der Waals surface area contributed by atoms with E-state index < -0.39 is 0 Å². The van der Waals surface area contributed by atoms with Gasteiger partial charge in [-0.1, -0.05) is 71.9 Å². The van der Waals surface area contributed by atoms with Crippen LogP contribution >= 0.6 is 23.4 Å². The third-order valence-corrected chi connectivity index (χ3v) is 6.44. The van der Waals surface area contributed by atoms with E-state index in [4.69, 9.17) is 21.3 Å². The number of carbonyl (C=O) groups excluding carboxylic acids is 1. The van der Waals surface area contributed by atoms with Crippen molar-refractivity contribution in [3.8, 4) is 11.1 Å². The van der Waals surface area contributed by atoms with E-state index in [0.717, 1.165) is 33.0 Å². The largest absolute Gasteiger partial charge is 0.383 e. The molecule has 3 aromatic carbocycles. The molecule has 5 nitrogen and oxygen atoms in total. The number of carbonyl (C=O) groups is 1. The first-order valence-electron chi connectivity index (χ1n) is 10.3. The number of anilines is 1. The molecule has 0 aliphatic heterocycles. The van der Waals surface area contributed by atoms with E-state index in [1.54, 1.807) is 7.11 Å². The Hall–Kier alpha value is -2.80. The van der Waals surface area contributed by atoms with E-state index in [1.807, 2.05) is 79.7 Å². The number of hydrogen-bond donors (Lipinski definition) is 1. The summed E-state index contributed by atoms with van der Waals surface area (Å²) in [5.74, 6) is -0.0817. The number of thioether (sulfide) groups is 1. The SMILES string of the molecule is COCCn1c(SC(C)C(=O)Nc2ccccc2-c2ccccc2)nc2cc(Cl)ccc21. The maximum absolute atomic E-state index is 13.1. The van der Waals surface area contributed by atoms with Crippen LogP contribution < -0.4 is 5.32 Å². The van der Waals surface area contributed by atoms with E-state index in [0.29, 0.717) is 18.2 Å². The summed E-state index contributed by atoms with van der Waals surface area (Å²) in [6, 6.07) is 23.5. The lowest BCUT2D eigenvalue weighted by Gasteiger charge is -2.15. The molecular formula is C25H24ClN3O2S. The Morgan fingerprint density at radius 1 is 1.12 bits per heavy atom. The van der Waals surface area contributed by atoms with Crippen LogP contribution in [0.15, 0.2) is 78.0 Å². The average molecular weight is 466 g/mol. The number of imidazole rings is 1. The van der Waals surface area contributed by atoms with Crippen molar-refractivity contribution < 1.29 is 9.53 Å². The minimum Gasteiger partial charge on any atom is -0.383 e. The number of para-hydroxylation sites is 1. The highest BCUT2D eigenvalue weighted by atomic mass is 35.5. The predicted octanol–water partition coefficient (Wildman–Crippen LogP) is 6.12. The summed E-state index contributed by atoms with van der Waals surface area (Å²) in [6.07, 6.45) is 0. The van der Waals surface area contributed by atoms with Crippen LogP contribution in [0, 0.1) is 0 Å². The van der Waals surface area contributed by atoms with Gasteiger partial charge in [0, 0.05) is 29.9 Å². The molecule has 4 rings (SSSR count). The molecule has 7 heteroatoms. The number of methoxy groups -OCH3 is 1. The first kappa shape index (κ1) is 22.4. The molecule has 1 N–H and O–H groups in total. The number of rotatable bonds is 8. The molecule has 1 atom stereocenters. The quantitative estimate of drug-likeness (QED) is 0.318. The Morgan fingerprint density at radius 2 is 1.88 bits per heavy atom. The van der Waals surface area contributed by atoms with Crippen LogP contribution in [0.1, 0.15) is 6.92 Å². The number of hydrogen-bond acceptors (Lipinski definition) is 4. The number of benzene rings is 3. The van der Waals surface area contributed by atoms with Gasteiger partial charge in [0.2, 0.25) is 5.91 Å². The summed E-state index contributed by atoms with van der Waals surface area (Å²) in [6.45, 7) is 3.08. The number of fused-ring (bicyclic) bond motifs is 1. The zero-order valence-electron chi connectivity index (χ0n) is 17.9. The predicted molar refractivity (Wildman–Crippen MR) is 132 cm³/mol. The Kier molecular flexibility index (Phi) is 7.15. The Morgan fingerprint density at radius 3 is 2.66 bits per heavy atom. The van der Waals surface area contributed by atoms with E-state index >= 15 is 0 Å². The minimum absolute atomic E-state index is 0.0817. The topological polar surface area (TPSA) is 56.1 Å². The van der Waals surface area contributed by atoms with Gasteiger partial charge in [-0.15, -0.1) is 0 Å². The Bertz CT molecular complexity index is 1230. The van der Waals surface area contributed by atoms with Gasteiger partial charge in [-0.05, 0) is 36.8 Å². The summed E-state index contributed by atoms with van der Waals surface area (Å²) < 4.78 is 7.34. The first-order valence-corrected chi connectivity index (χ1v) is 11.6. The molecule has 0 aliphatic carbocycles. The van der Waals surface area contributed by atoms with E-state index in [1.165, 1.54) is 11.8 Å². The summed E-state index contributed by atoms with van der Waals surface area (Å²) in [7, 11) is 1.67. The van der Waals surface area contributed by atoms with Crippen LogP contribution in [0.25, 0.3) is 22.2 Å². The molecule has 0 fully saturated rings. The molecule has 32 heavy (non-hydrogen) atoms. The van der Waals surface area contributed by atoms with Crippen molar-refractivity contribution in [1.82, 2.24) is 9.55 Å². The van der Waals surface area contributed by atoms with Crippen molar-refractivity contribution in [2.45, 2.75) is 23.9 Å². The van der Waals surface area contributed by atoms with Crippen molar-refractivity contribution in [3.63, 3.8) is 0 Å². The second kappa shape index (κ2) is 10.2. The fourth-order valence-electron chi connectivity index (χ4n) is 3.48. The van der Waals surface area contributed by atoms with Crippen LogP contribution in [0.5, 0.6) is 0 Å². The molecule has 0 bridgehead atoms. The summed E-state index contributed by atoms with van der Waals surface area (Å²) in [4.78, 5) is 17.8. The second-order valence-corrected chi connectivity index (χ2v) is 9.08. The third kappa shape index (κ3) is 4.99. The van der Waals surface area contributed by atoms with Gasteiger partial charge in [0.15, 0.2) is 5.16 Å². The van der Waals surface area contributed by atoms with Crippen LogP contribution in [0.4, 0.5) is 5.69 Å². The molecule has 1 amide bonds. The number of ether oxygens (including phenoxy) is 1. The molecule has 1 heterocycles. The van der Waals surface area contributed by atoms with E-state index in [2.05, 4.69) is 9.88 Å². The molecule has 1 unspecified atom stereocenters. The van der Waals surface area contributed by atoms with Gasteiger partial charge in [-0.25, -0.2) is 4.98 Å². The second-order valence-electron chi connectivity index (χ2n) is 7.33. The monoisotopic (exact) mass is 465 g/mol. The summed E-state index contributed by atoms with van der Waals surface area (Å²) >= 11 is 7.57. The molecule has 0 saturated carbocycles.